The molecular formula is C13H25N3O3S. The van der Waals surface area contributed by atoms with E-state index in [1.54, 1.807) is 11.8 Å². The van der Waals surface area contributed by atoms with Crippen LogP contribution >= 0.6 is 11.8 Å². The van der Waals surface area contributed by atoms with Crippen LogP contribution in [0.4, 0.5) is 4.79 Å². The molecule has 6 nitrogen and oxygen atoms in total. The summed E-state index contributed by atoms with van der Waals surface area (Å²) in [5, 5.41) is 14.3. The van der Waals surface area contributed by atoms with Crippen molar-refractivity contribution >= 4 is 23.8 Å². The molecule has 20 heavy (non-hydrogen) atoms. The van der Waals surface area contributed by atoms with Gasteiger partial charge in [0.15, 0.2) is 0 Å². The van der Waals surface area contributed by atoms with E-state index in [9.17, 15) is 9.59 Å². The monoisotopic (exact) mass is 303 g/mol. The lowest BCUT2D eigenvalue weighted by molar-refractivity contribution is -0.139. The van der Waals surface area contributed by atoms with Gasteiger partial charge in [0.2, 0.25) is 0 Å². The fourth-order valence-electron chi connectivity index (χ4n) is 2.25. The number of hydrogen-bond donors (Lipinski definition) is 3. The van der Waals surface area contributed by atoms with Crippen molar-refractivity contribution < 1.29 is 14.7 Å². The number of nitrogens with zero attached hydrogens (tertiary/aromatic N) is 1. The van der Waals surface area contributed by atoms with Crippen LogP contribution in [0.5, 0.6) is 0 Å². The highest BCUT2D eigenvalue weighted by molar-refractivity contribution is 7.98. The summed E-state index contributed by atoms with van der Waals surface area (Å²) in [6.45, 7) is 4.78. The molecule has 1 fully saturated rings. The first kappa shape index (κ1) is 17.1. The van der Waals surface area contributed by atoms with Crippen molar-refractivity contribution in [3.05, 3.63) is 0 Å². The number of carboxylic acid groups (broad SMARTS) is 1. The molecule has 1 rings (SSSR count). The first-order valence-corrected chi connectivity index (χ1v) is 8.44. The second kappa shape index (κ2) is 9.07. The van der Waals surface area contributed by atoms with Crippen molar-refractivity contribution in [3.63, 3.8) is 0 Å². The van der Waals surface area contributed by atoms with E-state index in [-0.39, 0.29) is 6.04 Å². The summed E-state index contributed by atoms with van der Waals surface area (Å²) < 4.78 is 0. The van der Waals surface area contributed by atoms with Gasteiger partial charge < -0.3 is 15.7 Å². The number of urea groups is 1. The zero-order valence-corrected chi connectivity index (χ0v) is 13.0. The van der Waals surface area contributed by atoms with Gasteiger partial charge in [-0.25, -0.2) is 9.59 Å². The molecule has 0 aliphatic carbocycles. The van der Waals surface area contributed by atoms with Gasteiger partial charge in [0, 0.05) is 12.6 Å². The van der Waals surface area contributed by atoms with E-state index in [1.807, 2.05) is 6.26 Å². The SMILES string of the molecule is CSCC[C@H](NC(=O)NCC(C)N1CCCC1)C(=O)O. The number of nitrogens with one attached hydrogen (secondary N) is 2. The molecule has 2 atom stereocenters. The van der Waals surface area contributed by atoms with Gasteiger partial charge in [-0.15, -0.1) is 0 Å². The summed E-state index contributed by atoms with van der Waals surface area (Å²) in [7, 11) is 0. The van der Waals surface area contributed by atoms with Crippen LogP contribution in [0.2, 0.25) is 0 Å². The molecule has 116 valence electrons. The Kier molecular flexibility index (Phi) is 7.76. The number of rotatable bonds is 8. The number of hydrogen-bond acceptors (Lipinski definition) is 4. The molecule has 0 spiro atoms. The van der Waals surface area contributed by atoms with Gasteiger partial charge in [0.05, 0.1) is 0 Å². The number of likely N-dealkylation sites (tertiary alicyclic amines) is 1. The van der Waals surface area contributed by atoms with Crippen molar-refractivity contribution in [2.75, 3.05) is 31.6 Å². The van der Waals surface area contributed by atoms with E-state index in [4.69, 9.17) is 5.11 Å². The van der Waals surface area contributed by atoms with Crippen LogP contribution in [-0.2, 0) is 4.79 Å². The topological polar surface area (TPSA) is 81.7 Å². The van der Waals surface area contributed by atoms with E-state index in [1.165, 1.54) is 12.8 Å². The number of carboxylic acids is 1. The number of carbonyl (C=O) groups excluding carboxylic acids is 1. The van der Waals surface area contributed by atoms with Crippen LogP contribution in [0, 0.1) is 0 Å². The minimum Gasteiger partial charge on any atom is -0.480 e. The van der Waals surface area contributed by atoms with E-state index in [2.05, 4.69) is 22.5 Å². The molecular weight excluding hydrogens is 278 g/mol. The van der Waals surface area contributed by atoms with Crippen LogP contribution in [0.25, 0.3) is 0 Å². The summed E-state index contributed by atoms with van der Waals surface area (Å²) in [5.41, 5.74) is 0. The summed E-state index contributed by atoms with van der Waals surface area (Å²) in [6, 6.07) is -0.924. The molecule has 1 aliphatic heterocycles. The highest BCUT2D eigenvalue weighted by Gasteiger charge is 2.21. The van der Waals surface area contributed by atoms with E-state index >= 15 is 0 Å². The quantitative estimate of drug-likeness (QED) is 0.622. The third kappa shape index (κ3) is 6.00. The van der Waals surface area contributed by atoms with Crippen molar-refractivity contribution in [3.8, 4) is 0 Å². The molecule has 0 aromatic rings. The van der Waals surface area contributed by atoms with Crippen molar-refractivity contribution in [1.82, 2.24) is 15.5 Å². The average molecular weight is 303 g/mol. The Morgan fingerprint density at radius 2 is 2.00 bits per heavy atom. The maximum atomic E-state index is 11.7. The largest absolute Gasteiger partial charge is 0.480 e. The standard InChI is InChI=1S/C13H25N3O3S/c1-10(16-6-3-4-7-16)9-14-13(19)15-11(12(17)18)5-8-20-2/h10-11H,3-9H2,1-2H3,(H,17,18)(H2,14,15,19)/t10?,11-/m0/s1. The fourth-order valence-corrected chi connectivity index (χ4v) is 2.73. The van der Waals surface area contributed by atoms with Gasteiger partial charge in [-0.2, -0.15) is 11.8 Å². The Hall–Kier alpha value is -0.950. The number of thioether (sulfide) groups is 1. The molecule has 0 aromatic carbocycles. The first-order valence-electron chi connectivity index (χ1n) is 7.04. The molecule has 1 saturated heterocycles. The predicted molar refractivity (Wildman–Crippen MR) is 81.2 cm³/mol. The minimum absolute atomic E-state index is 0.290. The lowest BCUT2D eigenvalue weighted by Gasteiger charge is -2.24. The van der Waals surface area contributed by atoms with Gasteiger partial charge in [0.25, 0.3) is 0 Å². The summed E-state index contributed by atoms with van der Waals surface area (Å²) in [4.78, 5) is 25.1. The molecule has 7 heteroatoms. The van der Waals surface area contributed by atoms with Crippen LogP contribution in [-0.4, -0.2) is 65.7 Å². The lowest BCUT2D eigenvalue weighted by atomic mass is 10.2. The average Bonchev–Trinajstić information content (AvgIpc) is 2.94. The van der Waals surface area contributed by atoms with Crippen molar-refractivity contribution in [2.24, 2.45) is 0 Å². The van der Waals surface area contributed by atoms with Crippen molar-refractivity contribution in [2.45, 2.75) is 38.3 Å². The Morgan fingerprint density at radius 3 is 2.55 bits per heavy atom. The summed E-state index contributed by atoms with van der Waals surface area (Å²) in [5.74, 6) is -0.275. The third-order valence-corrected chi connectivity index (χ3v) is 4.18. The van der Waals surface area contributed by atoms with Crippen LogP contribution in [0.15, 0.2) is 0 Å². The minimum atomic E-state index is -0.984. The molecule has 1 aliphatic rings. The summed E-state index contributed by atoms with van der Waals surface area (Å²) in [6.07, 6.45) is 4.78. The predicted octanol–water partition coefficient (Wildman–Crippen LogP) is 0.976. The zero-order chi connectivity index (χ0) is 15.0. The van der Waals surface area contributed by atoms with Crippen LogP contribution < -0.4 is 10.6 Å². The Labute approximate surface area is 124 Å². The smallest absolute Gasteiger partial charge is 0.326 e. The Morgan fingerprint density at radius 1 is 1.35 bits per heavy atom. The molecule has 0 radical (unpaired) electrons. The Balaban J connectivity index is 2.28. The highest BCUT2D eigenvalue weighted by Crippen LogP contribution is 2.10. The van der Waals surface area contributed by atoms with Crippen molar-refractivity contribution in [1.29, 1.82) is 0 Å². The van der Waals surface area contributed by atoms with E-state index in [0.717, 1.165) is 13.1 Å². The fraction of sp³-hybridized carbons (Fsp3) is 0.846. The van der Waals surface area contributed by atoms with E-state index in [0.29, 0.717) is 18.7 Å². The molecule has 1 heterocycles. The van der Waals surface area contributed by atoms with Gasteiger partial charge in [0.1, 0.15) is 6.04 Å². The maximum absolute atomic E-state index is 11.7. The molecule has 1 unspecified atom stereocenters. The molecule has 2 amide bonds. The number of amides is 2. The number of carbonyl (C=O) groups is 2. The van der Waals surface area contributed by atoms with E-state index < -0.39 is 18.0 Å². The van der Waals surface area contributed by atoms with Crippen LogP contribution in [0.3, 0.4) is 0 Å². The molecule has 0 bridgehead atoms. The molecule has 0 aromatic heterocycles. The zero-order valence-electron chi connectivity index (χ0n) is 12.2. The number of aliphatic carboxylic acids is 1. The Bertz CT molecular complexity index is 322. The highest BCUT2D eigenvalue weighted by atomic mass is 32.2. The van der Waals surface area contributed by atoms with Gasteiger partial charge >= 0.3 is 12.0 Å². The van der Waals surface area contributed by atoms with Gasteiger partial charge in [-0.1, -0.05) is 0 Å². The second-order valence-electron chi connectivity index (χ2n) is 5.12. The molecule has 0 saturated carbocycles. The lowest BCUT2D eigenvalue weighted by Crippen LogP contribution is -2.49. The second-order valence-corrected chi connectivity index (χ2v) is 6.10. The van der Waals surface area contributed by atoms with Gasteiger partial charge in [-0.05, 0) is 51.3 Å². The summed E-state index contributed by atoms with van der Waals surface area (Å²) >= 11 is 1.57. The first-order chi connectivity index (χ1) is 9.54. The van der Waals surface area contributed by atoms with Crippen LogP contribution in [0.1, 0.15) is 26.2 Å². The maximum Gasteiger partial charge on any atom is 0.326 e. The normalized spacial score (nSPS) is 18.5. The third-order valence-electron chi connectivity index (χ3n) is 3.54. The van der Waals surface area contributed by atoms with Gasteiger partial charge in [-0.3, -0.25) is 4.90 Å². The molecule has 3 N–H and O–H groups in total.